The van der Waals surface area contributed by atoms with Gasteiger partial charge in [0.1, 0.15) is 11.9 Å². The first-order valence-electron chi connectivity index (χ1n) is 9.35. The minimum Gasteiger partial charge on any atom is -0.488 e. The molecular weight excluding hydrogens is 369 g/mol. The van der Waals surface area contributed by atoms with Crippen LogP contribution in [0.4, 0.5) is 13.2 Å². The Kier molecular flexibility index (Phi) is 6.57. The standard InChI is InChI=1S/C21H23F3N2O2/c22-21(23,24)18-9-3-2-8-17(18)20(27)26-12-6-5-11-25-14-16-13-15-7-1-4-10-19(15)28-16/h1-4,7-10,16,25H,5-6,11-14H2,(H,26,27). The van der Waals surface area contributed by atoms with E-state index in [2.05, 4.69) is 16.7 Å². The predicted octanol–water partition coefficient (Wildman–Crippen LogP) is 3.81. The molecule has 1 heterocycles. The number of nitrogens with one attached hydrogen (secondary N) is 2. The minimum atomic E-state index is -4.54. The van der Waals surface area contributed by atoms with Crippen LogP contribution in [0, 0.1) is 0 Å². The van der Waals surface area contributed by atoms with Gasteiger partial charge in [-0.2, -0.15) is 13.2 Å². The summed E-state index contributed by atoms with van der Waals surface area (Å²) < 4.78 is 44.7. The number of alkyl halides is 3. The molecule has 0 saturated heterocycles. The molecule has 0 aromatic heterocycles. The van der Waals surface area contributed by atoms with Gasteiger partial charge in [0, 0.05) is 19.5 Å². The molecule has 3 rings (SSSR count). The summed E-state index contributed by atoms with van der Waals surface area (Å²) in [7, 11) is 0. The Morgan fingerprint density at radius 1 is 1.04 bits per heavy atom. The van der Waals surface area contributed by atoms with Crippen molar-refractivity contribution in [3.8, 4) is 5.75 Å². The van der Waals surface area contributed by atoms with E-state index in [1.165, 1.54) is 23.8 Å². The Bertz CT molecular complexity index is 783. The summed E-state index contributed by atoms with van der Waals surface area (Å²) in [6, 6.07) is 12.8. The number of hydrogen-bond acceptors (Lipinski definition) is 3. The average molecular weight is 392 g/mol. The maximum absolute atomic E-state index is 13.0. The highest BCUT2D eigenvalue weighted by Gasteiger charge is 2.34. The molecule has 7 heteroatoms. The molecule has 2 aromatic carbocycles. The molecule has 0 spiro atoms. The zero-order chi connectivity index (χ0) is 20.0. The minimum absolute atomic E-state index is 0.121. The second kappa shape index (κ2) is 9.10. The van der Waals surface area contributed by atoms with Gasteiger partial charge >= 0.3 is 6.18 Å². The molecule has 0 bridgehead atoms. The summed E-state index contributed by atoms with van der Waals surface area (Å²) >= 11 is 0. The first-order chi connectivity index (χ1) is 13.4. The molecule has 2 aromatic rings. The summed E-state index contributed by atoms with van der Waals surface area (Å²) in [5.41, 5.74) is -0.0334. The highest BCUT2D eigenvalue weighted by Crippen LogP contribution is 2.31. The number of ether oxygens (including phenoxy) is 1. The van der Waals surface area contributed by atoms with E-state index >= 15 is 0 Å². The maximum atomic E-state index is 13.0. The van der Waals surface area contributed by atoms with Crippen molar-refractivity contribution in [2.75, 3.05) is 19.6 Å². The molecule has 28 heavy (non-hydrogen) atoms. The monoisotopic (exact) mass is 392 g/mol. The number of carbonyl (C=O) groups is 1. The Balaban J connectivity index is 1.31. The van der Waals surface area contributed by atoms with Crippen molar-refractivity contribution in [3.05, 3.63) is 65.2 Å². The van der Waals surface area contributed by atoms with E-state index in [0.717, 1.165) is 37.7 Å². The van der Waals surface area contributed by atoms with Gasteiger partial charge < -0.3 is 15.4 Å². The van der Waals surface area contributed by atoms with E-state index in [1.54, 1.807) is 0 Å². The molecular formula is C21H23F3N2O2. The van der Waals surface area contributed by atoms with Crippen molar-refractivity contribution in [2.45, 2.75) is 31.5 Å². The average Bonchev–Trinajstić information content (AvgIpc) is 3.09. The van der Waals surface area contributed by atoms with E-state index in [4.69, 9.17) is 4.74 Å². The number of hydrogen-bond donors (Lipinski definition) is 2. The zero-order valence-electron chi connectivity index (χ0n) is 15.4. The second-order valence-corrected chi connectivity index (χ2v) is 6.76. The number of fused-ring (bicyclic) bond motifs is 1. The third-order valence-corrected chi connectivity index (χ3v) is 4.63. The molecule has 150 valence electrons. The molecule has 1 unspecified atom stereocenters. The third-order valence-electron chi connectivity index (χ3n) is 4.63. The van der Waals surface area contributed by atoms with Gasteiger partial charge in [0.15, 0.2) is 0 Å². The molecule has 1 aliphatic heterocycles. The summed E-state index contributed by atoms with van der Waals surface area (Å²) in [5, 5.41) is 5.89. The van der Waals surface area contributed by atoms with E-state index in [9.17, 15) is 18.0 Å². The molecule has 1 aliphatic rings. The van der Waals surface area contributed by atoms with Crippen molar-refractivity contribution in [3.63, 3.8) is 0 Å². The maximum Gasteiger partial charge on any atom is 0.417 e. The van der Waals surface area contributed by atoms with Crippen LogP contribution in [0.1, 0.15) is 34.3 Å². The van der Waals surface area contributed by atoms with Crippen LogP contribution in [-0.2, 0) is 12.6 Å². The number of benzene rings is 2. The largest absolute Gasteiger partial charge is 0.488 e. The Labute approximate surface area is 162 Å². The lowest BCUT2D eigenvalue weighted by Crippen LogP contribution is -2.31. The summed E-state index contributed by atoms with van der Waals surface area (Å²) in [6.45, 7) is 1.82. The lowest BCUT2D eigenvalue weighted by Gasteiger charge is -2.13. The first-order valence-corrected chi connectivity index (χ1v) is 9.35. The zero-order valence-corrected chi connectivity index (χ0v) is 15.4. The van der Waals surface area contributed by atoms with E-state index < -0.39 is 17.6 Å². The van der Waals surface area contributed by atoms with Crippen LogP contribution in [0.3, 0.4) is 0 Å². The van der Waals surface area contributed by atoms with Gasteiger partial charge in [0.05, 0.1) is 11.1 Å². The number of unbranched alkanes of at least 4 members (excludes halogenated alkanes) is 1. The van der Waals surface area contributed by atoms with Crippen LogP contribution < -0.4 is 15.4 Å². The summed E-state index contributed by atoms with van der Waals surface area (Å²) in [6.07, 6.45) is -2.05. The predicted molar refractivity (Wildman–Crippen MR) is 100 cm³/mol. The van der Waals surface area contributed by atoms with Crippen molar-refractivity contribution >= 4 is 5.91 Å². The normalized spacial score (nSPS) is 15.8. The van der Waals surface area contributed by atoms with Gasteiger partial charge in [-0.15, -0.1) is 0 Å². The smallest absolute Gasteiger partial charge is 0.417 e. The van der Waals surface area contributed by atoms with Crippen LogP contribution in [0.25, 0.3) is 0 Å². The molecule has 0 radical (unpaired) electrons. The molecule has 2 N–H and O–H groups in total. The van der Waals surface area contributed by atoms with Crippen molar-refractivity contribution in [1.29, 1.82) is 0 Å². The van der Waals surface area contributed by atoms with Crippen molar-refractivity contribution < 1.29 is 22.7 Å². The van der Waals surface area contributed by atoms with Crippen LogP contribution in [0.5, 0.6) is 5.75 Å². The number of carbonyl (C=O) groups excluding carboxylic acids is 1. The van der Waals surface area contributed by atoms with Gasteiger partial charge in [-0.05, 0) is 43.1 Å². The third kappa shape index (κ3) is 5.25. The van der Waals surface area contributed by atoms with E-state index in [1.807, 2.05) is 18.2 Å². The van der Waals surface area contributed by atoms with Gasteiger partial charge in [-0.1, -0.05) is 30.3 Å². The van der Waals surface area contributed by atoms with Crippen LogP contribution >= 0.6 is 0 Å². The summed E-state index contributed by atoms with van der Waals surface area (Å²) in [5.74, 6) is 0.245. The Morgan fingerprint density at radius 2 is 1.75 bits per heavy atom. The highest BCUT2D eigenvalue weighted by atomic mass is 19.4. The number of amides is 1. The molecule has 1 atom stereocenters. The molecule has 0 saturated carbocycles. The van der Waals surface area contributed by atoms with Crippen LogP contribution in [0.2, 0.25) is 0 Å². The fourth-order valence-corrected chi connectivity index (χ4v) is 3.23. The van der Waals surface area contributed by atoms with Crippen LogP contribution in [0.15, 0.2) is 48.5 Å². The quantitative estimate of drug-likeness (QED) is 0.672. The highest BCUT2D eigenvalue weighted by molar-refractivity contribution is 5.95. The fourth-order valence-electron chi connectivity index (χ4n) is 3.23. The molecule has 1 amide bonds. The van der Waals surface area contributed by atoms with Gasteiger partial charge in [0.2, 0.25) is 0 Å². The Hall–Kier alpha value is -2.54. The van der Waals surface area contributed by atoms with Gasteiger partial charge in [-0.3, -0.25) is 4.79 Å². The number of para-hydroxylation sites is 1. The van der Waals surface area contributed by atoms with Crippen molar-refractivity contribution in [1.82, 2.24) is 10.6 Å². The topological polar surface area (TPSA) is 50.4 Å². The summed E-state index contributed by atoms with van der Waals surface area (Å²) in [4.78, 5) is 12.0. The lowest BCUT2D eigenvalue weighted by atomic mass is 10.1. The van der Waals surface area contributed by atoms with Crippen LogP contribution in [-0.4, -0.2) is 31.6 Å². The van der Waals surface area contributed by atoms with Crippen molar-refractivity contribution in [2.24, 2.45) is 0 Å². The first kappa shape index (κ1) is 20.2. The van der Waals surface area contributed by atoms with Gasteiger partial charge in [-0.25, -0.2) is 0 Å². The number of halogens is 3. The van der Waals surface area contributed by atoms with E-state index in [-0.39, 0.29) is 11.7 Å². The molecule has 0 aliphatic carbocycles. The second-order valence-electron chi connectivity index (χ2n) is 6.76. The lowest BCUT2D eigenvalue weighted by molar-refractivity contribution is -0.137. The fraction of sp³-hybridized carbons (Fsp3) is 0.381. The number of rotatable bonds is 8. The molecule has 4 nitrogen and oxygen atoms in total. The Morgan fingerprint density at radius 3 is 2.54 bits per heavy atom. The SMILES string of the molecule is O=C(NCCCCNCC1Cc2ccccc2O1)c1ccccc1C(F)(F)F. The molecule has 0 fully saturated rings. The van der Waals surface area contributed by atoms with Gasteiger partial charge in [0.25, 0.3) is 5.91 Å². The van der Waals surface area contributed by atoms with E-state index in [0.29, 0.717) is 13.0 Å².